The lowest BCUT2D eigenvalue weighted by atomic mass is 10.2. The largest absolute Gasteiger partial charge is 0.492 e. The van der Waals surface area contributed by atoms with Crippen LogP contribution in [0.2, 0.25) is 0 Å². The standard InChI is InChI=1S/C21H19F2N3O3S2/c1-14-20(12-24-31(27,28)11-10-29-18-8-6-17(23)7-9-18)30-21-25-19(13-26(14)21)15-2-4-16(22)5-3-15/h2-9,13,24H,10-12H2,1H3. The molecule has 2 aromatic carbocycles. The lowest BCUT2D eigenvalue weighted by Crippen LogP contribution is -2.28. The maximum atomic E-state index is 13.1. The molecule has 2 aromatic heterocycles. The van der Waals surface area contributed by atoms with Crippen LogP contribution in [0.4, 0.5) is 8.78 Å². The summed E-state index contributed by atoms with van der Waals surface area (Å²) >= 11 is 1.39. The van der Waals surface area contributed by atoms with E-state index in [4.69, 9.17) is 4.74 Å². The van der Waals surface area contributed by atoms with Crippen LogP contribution in [0.15, 0.2) is 54.7 Å². The van der Waals surface area contributed by atoms with E-state index in [1.807, 2.05) is 17.5 Å². The molecule has 6 nitrogen and oxygen atoms in total. The molecule has 2 heterocycles. The molecule has 162 valence electrons. The van der Waals surface area contributed by atoms with Gasteiger partial charge in [0.1, 0.15) is 24.0 Å². The summed E-state index contributed by atoms with van der Waals surface area (Å²) < 4.78 is 60.4. The van der Waals surface area contributed by atoms with Gasteiger partial charge in [-0.2, -0.15) is 0 Å². The summed E-state index contributed by atoms with van der Waals surface area (Å²) in [5.41, 5.74) is 2.41. The molecule has 0 aliphatic heterocycles. The minimum absolute atomic E-state index is 0.0469. The SMILES string of the molecule is Cc1c(CNS(=O)(=O)CCOc2ccc(F)cc2)sc2nc(-c3ccc(F)cc3)cn12. The van der Waals surface area contributed by atoms with E-state index >= 15 is 0 Å². The molecule has 0 bridgehead atoms. The number of thiazole rings is 1. The number of nitrogens with zero attached hydrogens (tertiary/aromatic N) is 2. The van der Waals surface area contributed by atoms with E-state index in [0.29, 0.717) is 5.75 Å². The Kier molecular flexibility index (Phi) is 6.03. The monoisotopic (exact) mass is 463 g/mol. The quantitative estimate of drug-likeness (QED) is 0.426. The molecule has 31 heavy (non-hydrogen) atoms. The average molecular weight is 464 g/mol. The van der Waals surface area contributed by atoms with Crippen LogP contribution in [-0.2, 0) is 16.6 Å². The molecule has 0 saturated carbocycles. The van der Waals surface area contributed by atoms with E-state index in [1.54, 1.807) is 12.1 Å². The van der Waals surface area contributed by atoms with Gasteiger partial charge in [0.2, 0.25) is 10.0 Å². The summed E-state index contributed by atoms with van der Waals surface area (Å²) in [6.45, 7) is 1.99. The normalized spacial score (nSPS) is 11.8. The van der Waals surface area contributed by atoms with Crippen molar-refractivity contribution < 1.29 is 21.9 Å². The number of benzene rings is 2. The van der Waals surface area contributed by atoms with Gasteiger partial charge in [-0.15, -0.1) is 0 Å². The molecule has 1 N–H and O–H groups in total. The number of aryl methyl sites for hydroxylation is 1. The van der Waals surface area contributed by atoms with Crippen LogP contribution in [0.1, 0.15) is 10.6 Å². The Hall–Kier alpha value is -2.82. The van der Waals surface area contributed by atoms with Crippen molar-refractivity contribution in [2.24, 2.45) is 0 Å². The van der Waals surface area contributed by atoms with Crippen LogP contribution in [0.5, 0.6) is 5.75 Å². The first kappa shape index (κ1) is 21.4. The van der Waals surface area contributed by atoms with Crippen LogP contribution in [0, 0.1) is 18.6 Å². The third-order valence-electron chi connectivity index (χ3n) is 4.68. The molecule has 0 radical (unpaired) electrons. The van der Waals surface area contributed by atoms with Crippen LogP contribution in [0.25, 0.3) is 16.2 Å². The Morgan fingerprint density at radius 3 is 2.35 bits per heavy atom. The number of halogens is 2. The van der Waals surface area contributed by atoms with Crippen molar-refractivity contribution in [1.29, 1.82) is 0 Å². The van der Waals surface area contributed by atoms with Crippen LogP contribution in [0.3, 0.4) is 0 Å². The zero-order chi connectivity index (χ0) is 22.0. The fourth-order valence-electron chi connectivity index (χ4n) is 2.97. The Balaban J connectivity index is 1.37. The molecule has 0 saturated heterocycles. The van der Waals surface area contributed by atoms with Crippen molar-refractivity contribution in [2.45, 2.75) is 13.5 Å². The van der Waals surface area contributed by atoms with E-state index in [-0.39, 0.29) is 30.5 Å². The van der Waals surface area contributed by atoms with Gasteiger partial charge in [0.25, 0.3) is 0 Å². The second kappa shape index (κ2) is 8.74. The molecular formula is C21H19F2N3O3S2. The fourth-order valence-corrected chi connectivity index (χ4v) is 4.91. The Morgan fingerprint density at radius 1 is 1.06 bits per heavy atom. The highest BCUT2D eigenvalue weighted by Crippen LogP contribution is 2.27. The Labute approximate surface area is 182 Å². The van der Waals surface area contributed by atoms with Gasteiger partial charge in [-0.05, 0) is 55.5 Å². The second-order valence-electron chi connectivity index (χ2n) is 6.84. The summed E-state index contributed by atoms with van der Waals surface area (Å²) in [5.74, 6) is -0.507. The van der Waals surface area contributed by atoms with Gasteiger partial charge in [0.15, 0.2) is 4.96 Å². The van der Waals surface area contributed by atoms with Crippen molar-refractivity contribution in [1.82, 2.24) is 14.1 Å². The van der Waals surface area contributed by atoms with Crippen molar-refractivity contribution in [3.8, 4) is 17.0 Å². The molecule has 0 spiro atoms. The first-order chi connectivity index (χ1) is 14.8. The smallest absolute Gasteiger partial charge is 0.215 e. The number of sulfonamides is 1. The third kappa shape index (κ3) is 5.09. The van der Waals surface area contributed by atoms with E-state index in [0.717, 1.165) is 26.8 Å². The lowest BCUT2D eigenvalue weighted by molar-refractivity contribution is 0.339. The maximum absolute atomic E-state index is 13.1. The molecule has 0 aliphatic carbocycles. The average Bonchev–Trinajstić information content (AvgIpc) is 3.28. The predicted octanol–water partition coefficient (Wildman–Crippen LogP) is 4.15. The molecule has 0 atom stereocenters. The van der Waals surface area contributed by atoms with Gasteiger partial charge in [-0.25, -0.2) is 26.9 Å². The zero-order valence-electron chi connectivity index (χ0n) is 16.5. The molecule has 0 fully saturated rings. The number of hydrogen-bond donors (Lipinski definition) is 1. The van der Waals surface area contributed by atoms with Crippen molar-refractivity contribution in [3.63, 3.8) is 0 Å². The van der Waals surface area contributed by atoms with Crippen molar-refractivity contribution in [2.75, 3.05) is 12.4 Å². The highest BCUT2D eigenvalue weighted by molar-refractivity contribution is 7.89. The number of imidazole rings is 1. The summed E-state index contributed by atoms with van der Waals surface area (Å²) in [4.78, 5) is 6.13. The number of rotatable bonds is 8. The number of nitrogens with one attached hydrogen (secondary N) is 1. The van der Waals surface area contributed by atoms with Gasteiger partial charge in [-0.1, -0.05) is 11.3 Å². The third-order valence-corrected chi connectivity index (χ3v) is 7.12. The van der Waals surface area contributed by atoms with E-state index < -0.39 is 10.0 Å². The number of fused-ring (bicyclic) bond motifs is 1. The van der Waals surface area contributed by atoms with Gasteiger partial charge in [-0.3, -0.25) is 4.40 Å². The van der Waals surface area contributed by atoms with E-state index in [9.17, 15) is 17.2 Å². The molecule has 0 aliphatic rings. The number of aromatic nitrogens is 2. The predicted molar refractivity (Wildman–Crippen MR) is 116 cm³/mol. The van der Waals surface area contributed by atoms with E-state index in [2.05, 4.69) is 9.71 Å². The van der Waals surface area contributed by atoms with Crippen LogP contribution < -0.4 is 9.46 Å². The molecule has 0 amide bonds. The topological polar surface area (TPSA) is 72.7 Å². The molecular weight excluding hydrogens is 444 g/mol. The summed E-state index contributed by atoms with van der Waals surface area (Å²) in [7, 11) is -3.56. The highest BCUT2D eigenvalue weighted by atomic mass is 32.2. The Morgan fingerprint density at radius 2 is 1.71 bits per heavy atom. The first-order valence-electron chi connectivity index (χ1n) is 9.40. The van der Waals surface area contributed by atoms with E-state index in [1.165, 1.54) is 47.7 Å². The summed E-state index contributed by atoms with van der Waals surface area (Å²) in [6, 6.07) is 11.5. The highest BCUT2D eigenvalue weighted by Gasteiger charge is 2.16. The zero-order valence-corrected chi connectivity index (χ0v) is 18.1. The summed E-state index contributed by atoms with van der Waals surface area (Å²) in [5, 5.41) is 0. The molecule has 0 unspecified atom stereocenters. The van der Waals surface area contributed by atoms with Gasteiger partial charge >= 0.3 is 0 Å². The van der Waals surface area contributed by atoms with Crippen molar-refractivity contribution >= 4 is 26.3 Å². The number of ether oxygens (including phenoxy) is 1. The van der Waals surface area contributed by atoms with Crippen molar-refractivity contribution in [3.05, 3.63) is 76.9 Å². The minimum atomic E-state index is -3.56. The first-order valence-corrected chi connectivity index (χ1v) is 11.9. The summed E-state index contributed by atoms with van der Waals surface area (Å²) in [6.07, 6.45) is 1.85. The van der Waals surface area contributed by atoms with Crippen LogP contribution in [-0.4, -0.2) is 30.2 Å². The van der Waals surface area contributed by atoms with Gasteiger partial charge in [0.05, 0.1) is 11.4 Å². The Bertz CT molecular complexity index is 1300. The second-order valence-corrected chi connectivity index (χ2v) is 9.83. The fraction of sp³-hybridized carbons (Fsp3) is 0.190. The lowest BCUT2D eigenvalue weighted by Gasteiger charge is -2.08. The van der Waals surface area contributed by atoms with Gasteiger partial charge in [0, 0.05) is 28.9 Å². The molecule has 4 aromatic rings. The number of hydrogen-bond acceptors (Lipinski definition) is 5. The molecule has 10 heteroatoms. The van der Waals surface area contributed by atoms with Gasteiger partial charge < -0.3 is 4.74 Å². The maximum Gasteiger partial charge on any atom is 0.215 e. The minimum Gasteiger partial charge on any atom is -0.492 e. The van der Waals surface area contributed by atoms with Crippen LogP contribution >= 0.6 is 11.3 Å². The molecule has 4 rings (SSSR count).